The SMILES string of the molecule is CC(C)(C)OC(=O)NC(CC1C(=C=O)Nc2ncccc21)C(=O)O. The third-order valence-electron chi connectivity index (χ3n) is 3.39. The Morgan fingerprint density at radius 3 is 2.79 bits per heavy atom. The normalized spacial score (nSPS) is 17.3. The molecule has 0 saturated heterocycles. The summed E-state index contributed by atoms with van der Waals surface area (Å²) < 4.78 is 5.08. The van der Waals surface area contributed by atoms with Crippen LogP contribution >= 0.6 is 0 Å². The second kappa shape index (κ2) is 6.72. The van der Waals surface area contributed by atoms with Crippen LogP contribution in [0.25, 0.3) is 0 Å². The van der Waals surface area contributed by atoms with Crippen LogP contribution in [0.4, 0.5) is 10.6 Å². The Bertz CT molecular complexity index is 704. The first-order valence-corrected chi connectivity index (χ1v) is 7.40. The van der Waals surface area contributed by atoms with Crippen molar-refractivity contribution in [1.82, 2.24) is 10.3 Å². The second-order valence-corrected chi connectivity index (χ2v) is 6.41. The molecule has 2 unspecified atom stereocenters. The monoisotopic (exact) mass is 333 g/mol. The summed E-state index contributed by atoms with van der Waals surface area (Å²) in [5, 5.41) is 14.5. The van der Waals surface area contributed by atoms with E-state index in [0.29, 0.717) is 11.4 Å². The quantitative estimate of drug-likeness (QED) is 0.717. The molecule has 128 valence electrons. The number of aromatic nitrogens is 1. The van der Waals surface area contributed by atoms with Crippen molar-refractivity contribution in [2.24, 2.45) is 0 Å². The van der Waals surface area contributed by atoms with Crippen molar-refractivity contribution in [2.45, 2.75) is 44.8 Å². The van der Waals surface area contributed by atoms with Gasteiger partial charge < -0.3 is 20.5 Å². The van der Waals surface area contributed by atoms with E-state index in [9.17, 15) is 19.5 Å². The van der Waals surface area contributed by atoms with Gasteiger partial charge in [-0.3, -0.25) is 0 Å². The lowest BCUT2D eigenvalue weighted by Crippen LogP contribution is -2.44. The number of fused-ring (bicyclic) bond motifs is 1. The molecule has 0 radical (unpaired) electrons. The van der Waals surface area contributed by atoms with E-state index >= 15 is 0 Å². The molecule has 1 aliphatic heterocycles. The van der Waals surface area contributed by atoms with E-state index in [0.717, 1.165) is 0 Å². The van der Waals surface area contributed by atoms with E-state index in [2.05, 4.69) is 15.6 Å². The number of alkyl carbamates (subject to hydrolysis) is 1. The van der Waals surface area contributed by atoms with Crippen molar-refractivity contribution in [2.75, 3.05) is 5.32 Å². The van der Waals surface area contributed by atoms with Crippen molar-refractivity contribution in [3.8, 4) is 0 Å². The number of anilines is 1. The molecular weight excluding hydrogens is 314 g/mol. The molecule has 0 fully saturated rings. The summed E-state index contributed by atoms with van der Waals surface area (Å²) in [4.78, 5) is 38.6. The Hall–Kier alpha value is -2.86. The van der Waals surface area contributed by atoms with E-state index in [1.807, 2.05) is 0 Å². The van der Waals surface area contributed by atoms with Crippen LogP contribution in [-0.4, -0.2) is 39.7 Å². The minimum Gasteiger partial charge on any atom is -0.480 e. The Labute approximate surface area is 138 Å². The highest BCUT2D eigenvalue weighted by atomic mass is 16.6. The number of nitrogens with zero attached hydrogens (tertiary/aromatic N) is 1. The van der Waals surface area contributed by atoms with Gasteiger partial charge >= 0.3 is 12.1 Å². The zero-order valence-electron chi connectivity index (χ0n) is 13.6. The molecule has 0 bridgehead atoms. The molecular formula is C16H19N3O5. The largest absolute Gasteiger partial charge is 0.480 e. The zero-order chi connectivity index (χ0) is 17.9. The average Bonchev–Trinajstić information content (AvgIpc) is 2.82. The summed E-state index contributed by atoms with van der Waals surface area (Å²) in [5.41, 5.74) is 0.140. The van der Waals surface area contributed by atoms with Crippen LogP contribution in [0.1, 0.15) is 38.7 Å². The molecule has 8 nitrogen and oxygen atoms in total. The number of pyridine rings is 1. The minimum atomic E-state index is -1.22. The molecule has 0 saturated carbocycles. The number of carbonyl (C=O) groups excluding carboxylic acids is 2. The number of carboxylic acid groups (broad SMARTS) is 1. The fraction of sp³-hybridized carbons (Fsp3) is 0.438. The molecule has 2 heterocycles. The molecule has 0 aromatic carbocycles. The lowest BCUT2D eigenvalue weighted by Gasteiger charge is -2.23. The smallest absolute Gasteiger partial charge is 0.408 e. The molecule has 1 amide bonds. The van der Waals surface area contributed by atoms with Crippen molar-refractivity contribution in [1.29, 1.82) is 0 Å². The van der Waals surface area contributed by atoms with Gasteiger partial charge in [0, 0.05) is 17.7 Å². The zero-order valence-corrected chi connectivity index (χ0v) is 13.6. The van der Waals surface area contributed by atoms with Crippen LogP contribution in [0, 0.1) is 0 Å². The maximum Gasteiger partial charge on any atom is 0.408 e. The van der Waals surface area contributed by atoms with Crippen molar-refractivity contribution in [3.05, 3.63) is 29.6 Å². The molecule has 24 heavy (non-hydrogen) atoms. The summed E-state index contributed by atoms with van der Waals surface area (Å²) in [6.45, 7) is 5.04. The maximum atomic E-state index is 11.8. The van der Waals surface area contributed by atoms with E-state index in [-0.39, 0.29) is 12.1 Å². The predicted molar refractivity (Wildman–Crippen MR) is 85.2 cm³/mol. The van der Waals surface area contributed by atoms with E-state index in [4.69, 9.17) is 4.74 Å². The molecule has 0 aliphatic carbocycles. The van der Waals surface area contributed by atoms with Gasteiger partial charge in [0.1, 0.15) is 29.1 Å². The fourth-order valence-electron chi connectivity index (χ4n) is 2.42. The number of aliphatic carboxylic acids is 1. The number of carboxylic acids is 1. The number of rotatable bonds is 4. The molecule has 8 heteroatoms. The second-order valence-electron chi connectivity index (χ2n) is 6.41. The molecule has 1 aromatic heterocycles. The van der Waals surface area contributed by atoms with Crippen molar-refractivity contribution in [3.63, 3.8) is 0 Å². The van der Waals surface area contributed by atoms with Gasteiger partial charge in [-0.1, -0.05) is 6.07 Å². The first-order chi connectivity index (χ1) is 11.2. The van der Waals surface area contributed by atoms with Gasteiger partial charge in [0.05, 0.1) is 0 Å². The first kappa shape index (κ1) is 17.5. The number of nitrogens with one attached hydrogen (secondary N) is 2. The van der Waals surface area contributed by atoms with Gasteiger partial charge in [-0.2, -0.15) is 0 Å². The van der Waals surface area contributed by atoms with Gasteiger partial charge in [-0.25, -0.2) is 19.4 Å². The lowest BCUT2D eigenvalue weighted by molar-refractivity contribution is -0.139. The van der Waals surface area contributed by atoms with Crippen LogP contribution in [0.3, 0.4) is 0 Å². The number of allylic oxidation sites excluding steroid dienone is 1. The van der Waals surface area contributed by atoms with Gasteiger partial charge in [0.25, 0.3) is 0 Å². The Balaban J connectivity index is 2.17. The Morgan fingerprint density at radius 2 is 2.21 bits per heavy atom. The lowest BCUT2D eigenvalue weighted by atomic mass is 9.93. The van der Waals surface area contributed by atoms with Crippen LogP contribution < -0.4 is 10.6 Å². The fourth-order valence-corrected chi connectivity index (χ4v) is 2.42. The van der Waals surface area contributed by atoms with Gasteiger partial charge in [0.15, 0.2) is 0 Å². The number of amides is 1. The third kappa shape index (κ3) is 4.11. The van der Waals surface area contributed by atoms with Crippen LogP contribution in [0.15, 0.2) is 24.0 Å². The third-order valence-corrected chi connectivity index (χ3v) is 3.39. The van der Waals surface area contributed by atoms with Crippen LogP contribution in [-0.2, 0) is 14.3 Å². The number of hydrogen-bond donors (Lipinski definition) is 3. The Kier molecular flexibility index (Phi) is 4.90. The summed E-state index contributed by atoms with van der Waals surface area (Å²) in [6, 6.07) is 2.22. The highest BCUT2D eigenvalue weighted by Gasteiger charge is 2.34. The number of carbonyl (C=O) groups is 2. The van der Waals surface area contributed by atoms with E-state index < -0.39 is 29.6 Å². The standard InChI is InChI=1S/C16H19N3O5/c1-16(2,3)24-15(23)19-11(14(21)22)7-10-9-5-4-6-17-13(9)18-12(10)8-20/h4-6,10-11H,7H2,1-3H3,(H,17,18)(H,19,23)(H,21,22). The molecule has 1 aliphatic rings. The highest BCUT2D eigenvalue weighted by Crippen LogP contribution is 2.38. The topological polar surface area (TPSA) is 118 Å². The van der Waals surface area contributed by atoms with Gasteiger partial charge in [0.2, 0.25) is 0 Å². The molecule has 0 spiro atoms. The van der Waals surface area contributed by atoms with Gasteiger partial charge in [-0.15, -0.1) is 0 Å². The molecule has 1 aromatic rings. The molecule has 2 atom stereocenters. The maximum absolute atomic E-state index is 11.8. The van der Waals surface area contributed by atoms with E-state index in [1.165, 1.54) is 0 Å². The summed E-state index contributed by atoms with van der Waals surface area (Å²) in [6.07, 6.45) is 0.707. The summed E-state index contributed by atoms with van der Waals surface area (Å²) >= 11 is 0. The van der Waals surface area contributed by atoms with Crippen LogP contribution in [0.2, 0.25) is 0 Å². The first-order valence-electron chi connectivity index (χ1n) is 7.40. The molecule has 2 rings (SSSR count). The number of hydrogen-bond acceptors (Lipinski definition) is 6. The summed E-state index contributed by atoms with van der Waals surface area (Å²) in [5.74, 6) is 0.505. The summed E-state index contributed by atoms with van der Waals surface area (Å²) in [7, 11) is 0. The van der Waals surface area contributed by atoms with Gasteiger partial charge in [-0.05, 0) is 33.3 Å². The van der Waals surface area contributed by atoms with Crippen LogP contribution in [0.5, 0.6) is 0 Å². The Morgan fingerprint density at radius 1 is 1.50 bits per heavy atom. The highest BCUT2D eigenvalue weighted by molar-refractivity contribution is 5.81. The van der Waals surface area contributed by atoms with Crippen molar-refractivity contribution >= 4 is 23.8 Å². The van der Waals surface area contributed by atoms with Crippen molar-refractivity contribution < 1.29 is 24.2 Å². The van der Waals surface area contributed by atoms with E-state index in [1.54, 1.807) is 45.0 Å². The molecule has 3 N–H and O–H groups in total. The predicted octanol–water partition coefficient (Wildman–Crippen LogP) is 1.67. The number of ether oxygens (including phenoxy) is 1. The minimum absolute atomic E-state index is 0.0230. The average molecular weight is 333 g/mol.